The third kappa shape index (κ3) is 5.39. The Labute approximate surface area is 161 Å². The van der Waals surface area contributed by atoms with Gasteiger partial charge in [-0.3, -0.25) is 10.1 Å². The number of amides is 1. The van der Waals surface area contributed by atoms with E-state index in [0.717, 1.165) is 11.3 Å². The Balaban J connectivity index is 2.14. The molecule has 0 saturated heterocycles. The first-order chi connectivity index (χ1) is 13.0. The highest BCUT2D eigenvalue weighted by atomic mass is 32.1. The number of esters is 1. The molecule has 2 aromatic rings. The van der Waals surface area contributed by atoms with Crippen LogP contribution in [-0.4, -0.2) is 30.1 Å². The zero-order chi connectivity index (χ0) is 19.8. The second kappa shape index (κ2) is 9.50. The lowest BCUT2D eigenvalue weighted by molar-refractivity contribution is -0.112. The number of hydrogen-bond acceptors (Lipinski definition) is 7. The molecule has 0 aliphatic rings. The number of carbonyl (C=O) groups excluding carboxylic acids is 2. The van der Waals surface area contributed by atoms with Crippen molar-refractivity contribution in [2.24, 2.45) is 0 Å². The van der Waals surface area contributed by atoms with Gasteiger partial charge in [0.25, 0.3) is 5.91 Å². The lowest BCUT2D eigenvalue weighted by Gasteiger charge is -2.03. The number of nitrogens with zero attached hydrogens (tertiary/aromatic N) is 2. The van der Waals surface area contributed by atoms with E-state index in [-0.39, 0.29) is 17.3 Å². The van der Waals surface area contributed by atoms with Crippen molar-refractivity contribution in [3.05, 3.63) is 46.0 Å². The lowest BCUT2D eigenvalue weighted by atomic mass is 10.1. The number of thiazole rings is 1. The van der Waals surface area contributed by atoms with E-state index in [1.165, 1.54) is 6.08 Å². The highest BCUT2D eigenvalue weighted by Gasteiger charge is 2.18. The number of nitrogens with one attached hydrogen (secondary N) is 1. The van der Waals surface area contributed by atoms with E-state index in [4.69, 9.17) is 9.47 Å². The van der Waals surface area contributed by atoms with Crippen LogP contribution in [0.2, 0.25) is 0 Å². The van der Waals surface area contributed by atoms with Crippen LogP contribution in [0.4, 0.5) is 5.13 Å². The maximum Gasteiger partial charge on any atom is 0.350 e. The monoisotopic (exact) mass is 385 g/mol. The molecule has 0 radical (unpaired) electrons. The van der Waals surface area contributed by atoms with E-state index < -0.39 is 11.9 Å². The van der Waals surface area contributed by atoms with Crippen LogP contribution >= 0.6 is 11.3 Å². The molecule has 1 N–H and O–H groups in total. The molecule has 1 amide bonds. The van der Waals surface area contributed by atoms with Gasteiger partial charge in [0.15, 0.2) is 5.13 Å². The van der Waals surface area contributed by atoms with E-state index in [2.05, 4.69) is 10.3 Å². The fourth-order valence-corrected chi connectivity index (χ4v) is 3.00. The second-order valence-electron chi connectivity index (χ2n) is 5.28. The Kier molecular flexibility index (Phi) is 7.08. The molecule has 0 fully saturated rings. The maximum absolute atomic E-state index is 12.4. The summed E-state index contributed by atoms with van der Waals surface area (Å²) in [4.78, 5) is 28.7. The summed E-state index contributed by atoms with van der Waals surface area (Å²) in [6.07, 6.45) is 1.47. The number of aryl methyl sites for hydroxylation is 1. The first-order valence-corrected chi connectivity index (χ1v) is 9.10. The van der Waals surface area contributed by atoms with Crippen LogP contribution in [0.25, 0.3) is 6.08 Å². The van der Waals surface area contributed by atoms with E-state index >= 15 is 0 Å². The zero-order valence-corrected chi connectivity index (χ0v) is 16.1. The van der Waals surface area contributed by atoms with Crippen LogP contribution < -0.4 is 10.1 Å². The van der Waals surface area contributed by atoms with Crippen molar-refractivity contribution in [3.8, 4) is 11.8 Å². The molecule has 8 heteroatoms. The van der Waals surface area contributed by atoms with Crippen molar-refractivity contribution in [1.82, 2.24) is 4.98 Å². The van der Waals surface area contributed by atoms with E-state index in [1.807, 2.05) is 13.0 Å². The minimum absolute atomic E-state index is 0.0790. The fourth-order valence-electron chi connectivity index (χ4n) is 2.14. The Hall–Kier alpha value is -3.18. The van der Waals surface area contributed by atoms with Gasteiger partial charge in [0, 0.05) is 0 Å². The fraction of sp³-hybridized carbons (Fsp3) is 0.263. The van der Waals surface area contributed by atoms with Crippen molar-refractivity contribution < 1.29 is 19.1 Å². The van der Waals surface area contributed by atoms with Gasteiger partial charge in [0.2, 0.25) is 0 Å². The van der Waals surface area contributed by atoms with Crippen molar-refractivity contribution >= 4 is 34.4 Å². The van der Waals surface area contributed by atoms with Gasteiger partial charge in [-0.1, -0.05) is 23.5 Å². The minimum atomic E-state index is -0.601. The molecule has 0 spiro atoms. The zero-order valence-electron chi connectivity index (χ0n) is 15.2. The van der Waals surface area contributed by atoms with Gasteiger partial charge in [-0.25, -0.2) is 9.78 Å². The number of anilines is 1. The van der Waals surface area contributed by atoms with Crippen LogP contribution in [0.5, 0.6) is 5.75 Å². The van der Waals surface area contributed by atoms with Crippen molar-refractivity contribution in [1.29, 1.82) is 5.26 Å². The molecule has 1 aromatic carbocycles. The second-order valence-corrected chi connectivity index (χ2v) is 6.28. The number of benzene rings is 1. The Morgan fingerprint density at radius 1 is 1.26 bits per heavy atom. The third-order valence-corrected chi connectivity index (χ3v) is 4.40. The number of aromatic nitrogens is 1. The number of ether oxygens (including phenoxy) is 2. The summed E-state index contributed by atoms with van der Waals surface area (Å²) in [6, 6.07) is 8.91. The van der Waals surface area contributed by atoms with E-state index in [0.29, 0.717) is 28.5 Å². The van der Waals surface area contributed by atoms with Gasteiger partial charge in [0.05, 0.1) is 18.9 Å². The number of nitriles is 1. The van der Waals surface area contributed by atoms with Crippen molar-refractivity contribution in [3.63, 3.8) is 0 Å². The summed E-state index contributed by atoms with van der Waals surface area (Å²) in [5.41, 5.74) is 1.07. The quantitative estimate of drug-likeness (QED) is 0.444. The minimum Gasteiger partial charge on any atom is -0.494 e. The SMILES string of the molecule is CCOC(=O)c1sc(NC(=O)/C(C#N)=C/c2ccc(OCC)cc2)nc1C. The summed E-state index contributed by atoms with van der Waals surface area (Å²) >= 11 is 1.01. The number of hydrogen-bond donors (Lipinski definition) is 1. The molecule has 0 saturated carbocycles. The Morgan fingerprint density at radius 2 is 1.96 bits per heavy atom. The number of rotatable bonds is 7. The van der Waals surface area contributed by atoms with Crippen molar-refractivity contribution in [2.75, 3.05) is 18.5 Å². The largest absolute Gasteiger partial charge is 0.494 e. The van der Waals surface area contributed by atoms with Crippen LogP contribution in [0.3, 0.4) is 0 Å². The molecule has 7 nitrogen and oxygen atoms in total. The molecular weight excluding hydrogens is 366 g/mol. The summed E-state index contributed by atoms with van der Waals surface area (Å²) in [6.45, 7) is 6.06. The molecule has 0 aliphatic carbocycles. The first kappa shape index (κ1) is 20.1. The molecule has 140 valence electrons. The highest BCUT2D eigenvalue weighted by Crippen LogP contribution is 2.24. The first-order valence-electron chi connectivity index (χ1n) is 8.29. The summed E-state index contributed by atoms with van der Waals surface area (Å²) in [5, 5.41) is 12.1. The third-order valence-electron chi connectivity index (χ3n) is 3.35. The van der Waals surface area contributed by atoms with E-state index in [9.17, 15) is 14.9 Å². The van der Waals surface area contributed by atoms with Gasteiger partial charge in [0.1, 0.15) is 22.3 Å². The van der Waals surface area contributed by atoms with Gasteiger partial charge in [-0.05, 0) is 44.5 Å². The molecule has 1 heterocycles. The predicted molar refractivity (Wildman–Crippen MR) is 103 cm³/mol. The average Bonchev–Trinajstić information content (AvgIpc) is 3.01. The van der Waals surface area contributed by atoms with Gasteiger partial charge in [-0.15, -0.1) is 0 Å². The molecular formula is C19H19N3O4S. The normalized spacial score (nSPS) is 10.8. The van der Waals surface area contributed by atoms with Gasteiger partial charge in [-0.2, -0.15) is 5.26 Å². The van der Waals surface area contributed by atoms with Gasteiger partial charge < -0.3 is 9.47 Å². The molecule has 27 heavy (non-hydrogen) atoms. The molecule has 1 aromatic heterocycles. The van der Waals surface area contributed by atoms with Crippen LogP contribution in [-0.2, 0) is 9.53 Å². The standard InChI is InChI=1S/C19H19N3O4S/c1-4-25-15-8-6-13(7-9-15)10-14(11-20)17(23)22-19-21-12(3)16(27-19)18(24)26-5-2/h6-10H,4-5H2,1-3H3,(H,21,22,23)/b14-10+. The van der Waals surface area contributed by atoms with E-state index in [1.54, 1.807) is 38.1 Å². The topological polar surface area (TPSA) is 101 Å². The Bertz CT molecular complexity index is 895. The highest BCUT2D eigenvalue weighted by molar-refractivity contribution is 7.17. The van der Waals surface area contributed by atoms with Crippen LogP contribution in [0, 0.1) is 18.3 Å². The Morgan fingerprint density at radius 3 is 2.56 bits per heavy atom. The summed E-state index contributed by atoms with van der Waals surface area (Å²) in [5.74, 6) is -0.378. The maximum atomic E-state index is 12.4. The van der Waals surface area contributed by atoms with Crippen LogP contribution in [0.15, 0.2) is 29.8 Å². The predicted octanol–water partition coefficient (Wildman–Crippen LogP) is 3.57. The van der Waals surface area contributed by atoms with Crippen molar-refractivity contribution in [2.45, 2.75) is 20.8 Å². The molecule has 0 aliphatic heterocycles. The molecule has 2 rings (SSSR count). The van der Waals surface area contributed by atoms with Crippen LogP contribution in [0.1, 0.15) is 34.8 Å². The summed E-state index contributed by atoms with van der Waals surface area (Å²) < 4.78 is 10.3. The molecule has 0 unspecified atom stereocenters. The molecule has 0 atom stereocenters. The summed E-state index contributed by atoms with van der Waals surface area (Å²) in [7, 11) is 0. The smallest absolute Gasteiger partial charge is 0.350 e. The lowest BCUT2D eigenvalue weighted by Crippen LogP contribution is -2.13. The van der Waals surface area contributed by atoms with Gasteiger partial charge >= 0.3 is 5.97 Å². The average molecular weight is 385 g/mol. The number of carbonyl (C=O) groups is 2. The molecule has 0 bridgehead atoms.